The summed E-state index contributed by atoms with van der Waals surface area (Å²) in [6, 6.07) is 11.4. The average molecular weight is 308 g/mol. The predicted molar refractivity (Wildman–Crippen MR) is 81.7 cm³/mol. The number of hydrogen-bond acceptors (Lipinski definition) is 3. The molecule has 102 valence electrons. The number of phenols is 1. The Labute approximate surface area is 126 Å². The number of hydrogen-bond donors (Lipinski definition) is 2. The van der Waals surface area contributed by atoms with Crippen LogP contribution in [0.3, 0.4) is 0 Å². The van der Waals surface area contributed by atoms with E-state index in [2.05, 4.69) is 5.32 Å². The molecule has 2 aromatic rings. The number of allylic oxidation sites excluding steroid dienone is 1. The Morgan fingerprint density at radius 3 is 2.55 bits per heavy atom. The summed E-state index contributed by atoms with van der Waals surface area (Å²) in [5, 5.41) is 13.1. The van der Waals surface area contributed by atoms with Gasteiger partial charge in [0.05, 0.1) is 15.7 Å². The van der Waals surface area contributed by atoms with Crippen molar-refractivity contribution in [1.29, 1.82) is 0 Å². The van der Waals surface area contributed by atoms with Gasteiger partial charge in [-0.2, -0.15) is 0 Å². The molecule has 0 bridgehead atoms. The second-order valence-electron chi connectivity index (χ2n) is 3.99. The van der Waals surface area contributed by atoms with E-state index in [9.17, 15) is 9.90 Å². The lowest BCUT2D eigenvalue weighted by Gasteiger charge is -2.03. The van der Waals surface area contributed by atoms with E-state index in [4.69, 9.17) is 23.2 Å². The summed E-state index contributed by atoms with van der Waals surface area (Å²) < 4.78 is 0. The van der Waals surface area contributed by atoms with Crippen LogP contribution < -0.4 is 5.32 Å². The van der Waals surface area contributed by atoms with Crippen molar-refractivity contribution in [1.82, 2.24) is 0 Å². The number of anilines is 1. The highest BCUT2D eigenvalue weighted by Gasteiger charge is 2.05. The number of carbonyl (C=O) groups excluding carboxylic acids is 1. The first-order valence-corrected chi connectivity index (χ1v) is 6.54. The van der Waals surface area contributed by atoms with E-state index in [1.165, 1.54) is 18.3 Å². The van der Waals surface area contributed by atoms with Gasteiger partial charge in [-0.15, -0.1) is 0 Å². The van der Waals surface area contributed by atoms with Crippen LogP contribution in [-0.4, -0.2) is 10.9 Å². The third-order valence-corrected chi connectivity index (χ3v) is 3.32. The maximum absolute atomic E-state index is 11.9. The second-order valence-corrected chi connectivity index (χ2v) is 4.80. The van der Waals surface area contributed by atoms with Gasteiger partial charge in [-0.3, -0.25) is 4.79 Å². The molecule has 0 aromatic heterocycles. The van der Waals surface area contributed by atoms with Gasteiger partial charge in [0.2, 0.25) is 0 Å². The zero-order valence-electron chi connectivity index (χ0n) is 10.3. The van der Waals surface area contributed by atoms with E-state index >= 15 is 0 Å². The first-order valence-electron chi connectivity index (χ1n) is 5.78. The summed E-state index contributed by atoms with van der Waals surface area (Å²) in [5.74, 6) is -0.106. The summed E-state index contributed by atoms with van der Waals surface area (Å²) in [4.78, 5) is 11.9. The number of benzene rings is 2. The van der Waals surface area contributed by atoms with Crippen molar-refractivity contribution < 1.29 is 9.90 Å². The molecule has 0 atom stereocenters. The highest BCUT2D eigenvalue weighted by atomic mass is 35.5. The van der Waals surface area contributed by atoms with E-state index in [0.717, 1.165) is 0 Å². The molecule has 20 heavy (non-hydrogen) atoms. The molecule has 3 nitrogen and oxygen atoms in total. The molecule has 0 heterocycles. The first kappa shape index (κ1) is 14.4. The van der Waals surface area contributed by atoms with Crippen LogP contribution in [0, 0.1) is 0 Å². The third-order valence-electron chi connectivity index (χ3n) is 2.58. The number of rotatable bonds is 4. The van der Waals surface area contributed by atoms with Gasteiger partial charge in [-0.05, 0) is 30.3 Å². The lowest BCUT2D eigenvalue weighted by Crippen LogP contribution is -1.96. The molecule has 0 aliphatic heterocycles. The van der Waals surface area contributed by atoms with Crippen LogP contribution in [0.4, 0.5) is 5.69 Å². The minimum Gasteiger partial charge on any atom is -0.506 e. The van der Waals surface area contributed by atoms with Crippen LogP contribution in [0.2, 0.25) is 10.0 Å². The molecule has 0 unspecified atom stereocenters. The number of carbonyl (C=O) groups is 1. The summed E-state index contributed by atoms with van der Waals surface area (Å²) >= 11 is 11.6. The molecule has 0 saturated heterocycles. The largest absolute Gasteiger partial charge is 0.506 e. The topological polar surface area (TPSA) is 49.3 Å². The highest BCUT2D eigenvalue weighted by Crippen LogP contribution is 2.23. The van der Waals surface area contributed by atoms with Crippen LogP contribution in [-0.2, 0) is 0 Å². The van der Waals surface area contributed by atoms with Gasteiger partial charge < -0.3 is 10.4 Å². The Bertz CT molecular complexity index is 669. The van der Waals surface area contributed by atoms with Gasteiger partial charge in [0.15, 0.2) is 5.78 Å². The van der Waals surface area contributed by atoms with Crippen molar-refractivity contribution in [3.05, 3.63) is 70.3 Å². The van der Waals surface area contributed by atoms with Crippen molar-refractivity contribution in [3.8, 4) is 5.75 Å². The molecule has 0 amide bonds. The smallest absolute Gasteiger partial charge is 0.187 e. The highest BCUT2D eigenvalue weighted by molar-refractivity contribution is 6.42. The van der Waals surface area contributed by atoms with E-state index in [1.807, 2.05) is 0 Å². The zero-order chi connectivity index (χ0) is 14.5. The molecule has 2 rings (SSSR count). The Hall–Kier alpha value is -1.97. The van der Waals surface area contributed by atoms with Gasteiger partial charge >= 0.3 is 0 Å². The first-order chi connectivity index (χ1) is 9.58. The van der Waals surface area contributed by atoms with Gasteiger partial charge in [0.1, 0.15) is 5.75 Å². The van der Waals surface area contributed by atoms with Crippen molar-refractivity contribution >= 4 is 34.7 Å². The minimum atomic E-state index is -0.216. The standard InChI is InChI=1S/C15H11Cl2NO2/c16-11-6-5-10(9-12(11)17)14(19)7-8-18-13-3-1-2-4-15(13)20/h1-9,18,20H. The molecule has 0 aliphatic rings. The normalized spacial score (nSPS) is 10.7. The number of nitrogens with one attached hydrogen (secondary N) is 1. The molecule has 0 aliphatic carbocycles. The maximum atomic E-state index is 11.9. The summed E-state index contributed by atoms with van der Waals surface area (Å²) in [7, 11) is 0. The van der Waals surface area contributed by atoms with E-state index < -0.39 is 0 Å². The lowest BCUT2D eigenvalue weighted by atomic mass is 10.1. The Morgan fingerprint density at radius 2 is 1.85 bits per heavy atom. The monoisotopic (exact) mass is 307 g/mol. The molecule has 0 saturated carbocycles. The van der Waals surface area contributed by atoms with Crippen molar-refractivity contribution in [2.75, 3.05) is 5.32 Å². The van der Waals surface area contributed by atoms with E-state index in [-0.39, 0.29) is 11.5 Å². The molecular weight excluding hydrogens is 297 g/mol. The van der Waals surface area contributed by atoms with Crippen LogP contribution in [0.1, 0.15) is 10.4 Å². The summed E-state index contributed by atoms with van der Waals surface area (Å²) in [6.45, 7) is 0. The van der Waals surface area contributed by atoms with Crippen LogP contribution in [0.15, 0.2) is 54.7 Å². The fourth-order valence-electron chi connectivity index (χ4n) is 1.55. The van der Waals surface area contributed by atoms with Gasteiger partial charge in [-0.25, -0.2) is 0 Å². The van der Waals surface area contributed by atoms with Crippen LogP contribution in [0.5, 0.6) is 5.75 Å². The molecular formula is C15H11Cl2NO2. The molecule has 0 spiro atoms. The average Bonchev–Trinajstić information content (AvgIpc) is 2.44. The molecule has 0 fully saturated rings. The Kier molecular flexibility index (Phi) is 4.66. The third kappa shape index (κ3) is 3.53. The lowest BCUT2D eigenvalue weighted by molar-refractivity contribution is 0.104. The Balaban J connectivity index is 2.06. The molecule has 5 heteroatoms. The fraction of sp³-hybridized carbons (Fsp3) is 0. The number of para-hydroxylation sites is 2. The van der Waals surface area contributed by atoms with Crippen molar-refractivity contribution in [2.24, 2.45) is 0 Å². The number of halogens is 2. The molecule has 2 N–H and O–H groups in total. The molecule has 0 radical (unpaired) electrons. The number of ketones is 1. The van der Waals surface area contributed by atoms with Gasteiger partial charge in [-0.1, -0.05) is 35.3 Å². The van der Waals surface area contributed by atoms with Crippen molar-refractivity contribution in [2.45, 2.75) is 0 Å². The predicted octanol–water partition coefficient (Wildman–Crippen LogP) is 4.51. The SMILES string of the molecule is O=C(C=CNc1ccccc1O)c1ccc(Cl)c(Cl)c1. The van der Waals surface area contributed by atoms with Crippen LogP contribution in [0.25, 0.3) is 0 Å². The summed E-state index contributed by atoms with van der Waals surface area (Å²) in [6.07, 6.45) is 2.81. The minimum absolute atomic E-state index is 0.110. The van der Waals surface area contributed by atoms with E-state index in [0.29, 0.717) is 21.3 Å². The molecule has 2 aromatic carbocycles. The van der Waals surface area contributed by atoms with Gasteiger partial charge in [0, 0.05) is 17.8 Å². The van der Waals surface area contributed by atoms with Crippen molar-refractivity contribution in [3.63, 3.8) is 0 Å². The second kappa shape index (κ2) is 6.46. The van der Waals surface area contributed by atoms with Crippen LogP contribution >= 0.6 is 23.2 Å². The number of aromatic hydroxyl groups is 1. The summed E-state index contributed by atoms with van der Waals surface area (Å²) in [5.41, 5.74) is 0.959. The quantitative estimate of drug-likeness (QED) is 0.496. The maximum Gasteiger partial charge on any atom is 0.187 e. The van der Waals surface area contributed by atoms with Gasteiger partial charge in [0.25, 0.3) is 0 Å². The Morgan fingerprint density at radius 1 is 1.10 bits per heavy atom. The zero-order valence-corrected chi connectivity index (χ0v) is 11.8. The fourth-order valence-corrected chi connectivity index (χ4v) is 1.85. The number of phenolic OH excluding ortho intramolecular Hbond substituents is 1. The van der Waals surface area contributed by atoms with E-state index in [1.54, 1.807) is 36.4 Å².